The number of likely N-dealkylation sites (tertiary alicyclic amines) is 1. The summed E-state index contributed by atoms with van der Waals surface area (Å²) in [7, 11) is 3.22. The number of carbonyl (C=O) groups is 1. The SMILES string of the molecule is COc1ccc(NC2=NCC34CC(=O)C(C)C=NC3=C(CCCN3CCCC3)C=CC4=N2)cc1OC. The minimum atomic E-state index is -0.598. The fourth-order valence-electron chi connectivity index (χ4n) is 5.48. The Balaban J connectivity index is 1.40. The van der Waals surface area contributed by atoms with Crippen molar-refractivity contribution in [1.82, 2.24) is 4.90 Å². The molecule has 1 aliphatic carbocycles. The Morgan fingerprint density at radius 3 is 2.72 bits per heavy atom. The van der Waals surface area contributed by atoms with Gasteiger partial charge in [-0.25, -0.2) is 9.98 Å². The van der Waals surface area contributed by atoms with Gasteiger partial charge in [-0.15, -0.1) is 0 Å². The second-order valence-corrected chi connectivity index (χ2v) is 9.98. The van der Waals surface area contributed by atoms with Crippen LogP contribution in [0.4, 0.5) is 5.69 Å². The molecule has 0 aromatic heterocycles. The first-order chi connectivity index (χ1) is 17.5. The van der Waals surface area contributed by atoms with Crippen molar-refractivity contribution in [1.29, 1.82) is 0 Å². The van der Waals surface area contributed by atoms with Gasteiger partial charge >= 0.3 is 0 Å². The molecule has 2 atom stereocenters. The van der Waals surface area contributed by atoms with Gasteiger partial charge in [0.05, 0.1) is 43.5 Å². The second kappa shape index (κ2) is 10.4. The predicted molar refractivity (Wildman–Crippen MR) is 144 cm³/mol. The third-order valence-electron chi connectivity index (χ3n) is 7.59. The number of aliphatic imine (C=N–C) groups is 3. The van der Waals surface area contributed by atoms with Gasteiger partial charge in [0.25, 0.3) is 0 Å². The van der Waals surface area contributed by atoms with Gasteiger partial charge in [-0.2, -0.15) is 0 Å². The van der Waals surface area contributed by atoms with E-state index < -0.39 is 5.41 Å². The molecule has 0 amide bonds. The maximum absolute atomic E-state index is 13.0. The van der Waals surface area contributed by atoms with Crippen LogP contribution in [-0.2, 0) is 4.79 Å². The van der Waals surface area contributed by atoms with E-state index >= 15 is 0 Å². The van der Waals surface area contributed by atoms with Crippen molar-refractivity contribution in [3.63, 3.8) is 0 Å². The van der Waals surface area contributed by atoms with Crippen LogP contribution in [0, 0.1) is 11.3 Å². The third-order valence-corrected chi connectivity index (χ3v) is 7.59. The van der Waals surface area contributed by atoms with Crippen LogP contribution in [0.25, 0.3) is 0 Å². The van der Waals surface area contributed by atoms with E-state index in [9.17, 15) is 4.79 Å². The first-order valence-corrected chi connectivity index (χ1v) is 12.9. The number of benzene rings is 1. The number of nitrogens with zero attached hydrogens (tertiary/aromatic N) is 4. The molecule has 1 aromatic carbocycles. The Labute approximate surface area is 212 Å². The number of hydrogen-bond donors (Lipinski definition) is 1. The number of ketones is 1. The molecule has 4 aliphatic rings. The van der Waals surface area contributed by atoms with E-state index in [-0.39, 0.29) is 11.7 Å². The maximum atomic E-state index is 13.0. The Bertz CT molecular complexity index is 1180. The van der Waals surface area contributed by atoms with Gasteiger partial charge in [-0.1, -0.05) is 13.0 Å². The van der Waals surface area contributed by atoms with Crippen molar-refractivity contribution in [2.24, 2.45) is 26.3 Å². The van der Waals surface area contributed by atoms with E-state index in [0.29, 0.717) is 30.4 Å². The van der Waals surface area contributed by atoms with E-state index in [1.165, 1.54) is 31.5 Å². The Hall–Kier alpha value is -3.26. The standard InChI is InChI=1S/C28H35N5O3/c1-19-17-29-26-20(7-6-14-33-12-4-5-13-33)8-11-25-28(26,16-22(19)34)18-30-27(32-25)31-21-9-10-23(35-2)24(15-21)36-3/h8-11,15,17,19H,4-7,12-14,16,18H2,1-3H3,(H,30,31). The normalized spacial score (nSPS) is 25.6. The van der Waals surface area contributed by atoms with Crippen LogP contribution in [0.1, 0.15) is 39.0 Å². The van der Waals surface area contributed by atoms with Crippen LogP contribution < -0.4 is 14.8 Å². The van der Waals surface area contributed by atoms with Crippen molar-refractivity contribution in [3.8, 4) is 11.5 Å². The summed E-state index contributed by atoms with van der Waals surface area (Å²) in [5, 5.41) is 3.29. The molecule has 3 aliphatic heterocycles. The molecule has 2 unspecified atom stereocenters. The monoisotopic (exact) mass is 489 g/mol. The molecule has 8 heteroatoms. The number of ether oxygens (including phenoxy) is 2. The van der Waals surface area contributed by atoms with Crippen LogP contribution >= 0.6 is 0 Å². The highest BCUT2D eigenvalue weighted by Gasteiger charge is 2.47. The van der Waals surface area contributed by atoms with Gasteiger partial charge in [0.15, 0.2) is 11.5 Å². The van der Waals surface area contributed by atoms with Crippen LogP contribution in [0.5, 0.6) is 11.5 Å². The first-order valence-electron chi connectivity index (χ1n) is 12.9. The highest BCUT2D eigenvalue weighted by Crippen LogP contribution is 2.45. The van der Waals surface area contributed by atoms with Crippen LogP contribution in [-0.4, -0.2) is 69.0 Å². The molecule has 1 fully saturated rings. The number of methoxy groups -OCH3 is 2. The summed E-state index contributed by atoms with van der Waals surface area (Å²) < 4.78 is 10.8. The predicted octanol–water partition coefficient (Wildman–Crippen LogP) is 4.29. The molecule has 0 bridgehead atoms. The molecule has 36 heavy (non-hydrogen) atoms. The van der Waals surface area contributed by atoms with Gasteiger partial charge in [0, 0.05) is 24.4 Å². The largest absolute Gasteiger partial charge is 0.493 e. The number of guanidine groups is 1. The molecule has 1 saturated heterocycles. The number of allylic oxidation sites excluding steroid dienone is 3. The van der Waals surface area contributed by atoms with Gasteiger partial charge in [-0.05, 0) is 69.1 Å². The van der Waals surface area contributed by atoms with E-state index in [1.807, 2.05) is 31.3 Å². The lowest BCUT2D eigenvalue weighted by Crippen LogP contribution is -2.43. The number of anilines is 1. The molecular weight excluding hydrogens is 454 g/mol. The van der Waals surface area contributed by atoms with Crippen molar-refractivity contribution >= 4 is 29.4 Å². The van der Waals surface area contributed by atoms with E-state index in [4.69, 9.17) is 24.5 Å². The Morgan fingerprint density at radius 1 is 1.14 bits per heavy atom. The zero-order valence-corrected chi connectivity index (χ0v) is 21.4. The van der Waals surface area contributed by atoms with Gasteiger partial charge in [-0.3, -0.25) is 9.79 Å². The van der Waals surface area contributed by atoms with Gasteiger partial charge in [0.1, 0.15) is 5.78 Å². The molecule has 0 saturated carbocycles. The van der Waals surface area contributed by atoms with Crippen LogP contribution in [0.3, 0.4) is 0 Å². The molecule has 0 radical (unpaired) electrons. The van der Waals surface area contributed by atoms with E-state index in [2.05, 4.69) is 22.4 Å². The minimum absolute atomic E-state index is 0.180. The third kappa shape index (κ3) is 4.74. The van der Waals surface area contributed by atoms with Gasteiger partial charge in [0.2, 0.25) is 5.96 Å². The fourth-order valence-corrected chi connectivity index (χ4v) is 5.48. The smallest absolute Gasteiger partial charge is 0.222 e. The zero-order valence-electron chi connectivity index (χ0n) is 21.4. The lowest BCUT2D eigenvalue weighted by Gasteiger charge is -2.37. The number of Topliss-reactive ketones (excluding diaryl/α,β-unsaturated/α-hetero) is 1. The van der Waals surface area contributed by atoms with Crippen molar-refractivity contribution in [3.05, 3.63) is 41.6 Å². The molecule has 1 spiro atoms. The van der Waals surface area contributed by atoms with E-state index in [0.717, 1.165) is 36.5 Å². The van der Waals surface area contributed by atoms with Crippen LogP contribution in [0.15, 0.2) is 56.6 Å². The molecular formula is C28H35N5O3. The molecule has 3 heterocycles. The average molecular weight is 490 g/mol. The topological polar surface area (TPSA) is 87.9 Å². The number of nitrogens with one attached hydrogen (secondary N) is 1. The average Bonchev–Trinajstić information content (AvgIpc) is 3.37. The van der Waals surface area contributed by atoms with Crippen LogP contribution in [0.2, 0.25) is 0 Å². The highest BCUT2D eigenvalue weighted by molar-refractivity contribution is 6.16. The zero-order chi connectivity index (χ0) is 25.1. The number of rotatable bonds is 7. The summed E-state index contributed by atoms with van der Waals surface area (Å²) in [6.07, 6.45) is 11.0. The molecule has 1 N–H and O–H groups in total. The number of hydrogen-bond acceptors (Lipinski definition) is 8. The van der Waals surface area contributed by atoms with Crippen molar-refractivity contribution in [2.45, 2.75) is 39.0 Å². The second-order valence-electron chi connectivity index (χ2n) is 9.98. The summed E-state index contributed by atoms with van der Waals surface area (Å²) in [6, 6.07) is 5.60. The summed E-state index contributed by atoms with van der Waals surface area (Å²) in [5.74, 6) is 1.77. The lowest BCUT2D eigenvalue weighted by atomic mass is 9.70. The Kier molecular flexibility index (Phi) is 7.05. The molecule has 8 nitrogen and oxygen atoms in total. The van der Waals surface area contributed by atoms with Gasteiger partial charge < -0.3 is 19.7 Å². The summed E-state index contributed by atoms with van der Waals surface area (Å²) in [4.78, 5) is 30.2. The highest BCUT2D eigenvalue weighted by atomic mass is 16.5. The minimum Gasteiger partial charge on any atom is -0.493 e. The van der Waals surface area contributed by atoms with Crippen molar-refractivity contribution < 1.29 is 14.3 Å². The molecule has 1 aromatic rings. The Morgan fingerprint density at radius 2 is 1.94 bits per heavy atom. The molecule has 5 rings (SSSR count). The maximum Gasteiger partial charge on any atom is 0.222 e. The fraction of sp³-hybridized carbons (Fsp3) is 0.500. The molecule has 190 valence electrons. The van der Waals surface area contributed by atoms with Crippen molar-refractivity contribution in [2.75, 3.05) is 45.7 Å². The first kappa shape index (κ1) is 24.4. The summed E-state index contributed by atoms with van der Waals surface area (Å²) >= 11 is 0. The lowest BCUT2D eigenvalue weighted by molar-refractivity contribution is -0.121. The summed E-state index contributed by atoms with van der Waals surface area (Å²) in [6.45, 7) is 5.88. The van der Waals surface area contributed by atoms with E-state index in [1.54, 1.807) is 14.2 Å². The quantitative estimate of drug-likeness (QED) is 0.617. The number of carbonyl (C=O) groups excluding carboxylic acids is 1. The summed E-state index contributed by atoms with van der Waals surface area (Å²) in [5.41, 5.74) is 3.22.